The number of methoxy groups -OCH3 is 1. The molecule has 1 aromatic carbocycles. The molecule has 178 valence electrons. The summed E-state index contributed by atoms with van der Waals surface area (Å²) in [6.07, 6.45) is 4.12. The van der Waals surface area contributed by atoms with Gasteiger partial charge in [-0.2, -0.15) is 0 Å². The van der Waals surface area contributed by atoms with Crippen LogP contribution in [0.5, 0.6) is 5.75 Å². The van der Waals surface area contributed by atoms with Gasteiger partial charge < -0.3 is 14.6 Å². The molecular weight excluding hydrogens is 422 g/mol. The molecule has 2 heterocycles. The summed E-state index contributed by atoms with van der Waals surface area (Å²) in [5.41, 5.74) is 1.13. The molecule has 0 atom stereocenters. The molecule has 1 amide bonds. The lowest BCUT2D eigenvalue weighted by molar-refractivity contribution is -0.116. The molecule has 0 aliphatic carbocycles. The van der Waals surface area contributed by atoms with Gasteiger partial charge >= 0.3 is 5.69 Å². The smallest absolute Gasteiger partial charge is 0.333 e. The maximum absolute atomic E-state index is 13.4. The van der Waals surface area contributed by atoms with Crippen LogP contribution in [-0.2, 0) is 24.4 Å². The molecule has 0 aliphatic rings. The first-order chi connectivity index (χ1) is 15.8. The van der Waals surface area contributed by atoms with Crippen molar-refractivity contribution in [3.05, 3.63) is 50.9 Å². The number of aryl methyl sites for hydroxylation is 3. The first kappa shape index (κ1) is 24.3. The molecule has 0 fully saturated rings. The average molecular weight is 456 g/mol. The zero-order chi connectivity index (χ0) is 24.1. The van der Waals surface area contributed by atoms with E-state index in [0.717, 1.165) is 29.4 Å². The van der Waals surface area contributed by atoms with E-state index in [9.17, 15) is 14.4 Å². The van der Waals surface area contributed by atoms with Gasteiger partial charge in [-0.05, 0) is 43.4 Å². The predicted molar refractivity (Wildman–Crippen MR) is 129 cm³/mol. The number of nitrogens with one attached hydrogen (secondary N) is 1. The highest BCUT2D eigenvalue weighted by Crippen LogP contribution is 2.25. The summed E-state index contributed by atoms with van der Waals surface area (Å²) in [5, 5.41) is 2.77. The van der Waals surface area contributed by atoms with Gasteiger partial charge in [-0.15, -0.1) is 0 Å². The van der Waals surface area contributed by atoms with Crippen LogP contribution in [0.1, 0.15) is 45.6 Å². The normalized spacial score (nSPS) is 11.3. The quantitative estimate of drug-likeness (QED) is 0.506. The number of nitrogens with zero attached hydrogens (tertiary/aromatic N) is 4. The molecule has 3 aromatic rings. The average Bonchev–Trinajstić information content (AvgIpc) is 3.19. The standard InChI is InChI=1S/C24H33N5O4/c1-6-7-11-28-22-21(27(15-25-22)12-10-16(2)3)23(31)29(24(28)32)14-20(30)26-18-13-17(4)8-9-19(18)33-5/h8-9,13,15-16H,6-7,10-12,14H2,1-5H3,(H,26,30). The molecule has 1 N–H and O–H groups in total. The van der Waals surface area contributed by atoms with E-state index in [1.165, 1.54) is 11.7 Å². The number of hydrogen-bond donors (Lipinski definition) is 1. The largest absolute Gasteiger partial charge is 0.495 e. The van der Waals surface area contributed by atoms with Crippen LogP contribution >= 0.6 is 0 Å². The molecule has 0 aliphatic heterocycles. The minimum atomic E-state index is -0.526. The first-order valence-corrected chi connectivity index (χ1v) is 11.4. The van der Waals surface area contributed by atoms with Gasteiger partial charge in [0.25, 0.3) is 5.56 Å². The third-order valence-corrected chi connectivity index (χ3v) is 5.60. The number of carbonyl (C=O) groups is 1. The molecule has 0 radical (unpaired) electrons. The number of unbranched alkanes of at least 4 members (excludes halogenated alkanes) is 1. The Labute approximate surface area is 193 Å². The van der Waals surface area contributed by atoms with Crippen molar-refractivity contribution in [2.75, 3.05) is 12.4 Å². The number of imidazole rings is 1. The van der Waals surface area contributed by atoms with Crippen molar-refractivity contribution < 1.29 is 9.53 Å². The predicted octanol–water partition coefficient (Wildman–Crippen LogP) is 3.16. The van der Waals surface area contributed by atoms with Gasteiger partial charge in [0, 0.05) is 13.1 Å². The Balaban J connectivity index is 2.03. The van der Waals surface area contributed by atoms with Crippen LogP contribution in [-0.4, -0.2) is 31.7 Å². The molecule has 9 nitrogen and oxygen atoms in total. The minimum absolute atomic E-state index is 0.354. The molecule has 2 aromatic heterocycles. The van der Waals surface area contributed by atoms with E-state index in [4.69, 9.17) is 4.74 Å². The molecule has 0 saturated carbocycles. The molecule has 0 spiro atoms. The number of hydrogen-bond acceptors (Lipinski definition) is 5. The van der Waals surface area contributed by atoms with Crippen LogP contribution in [0.3, 0.4) is 0 Å². The highest BCUT2D eigenvalue weighted by atomic mass is 16.5. The second kappa shape index (κ2) is 10.5. The Morgan fingerprint density at radius 1 is 1.18 bits per heavy atom. The number of benzene rings is 1. The highest BCUT2D eigenvalue weighted by Gasteiger charge is 2.20. The number of fused-ring (bicyclic) bond motifs is 1. The SMILES string of the molecule is CCCCn1c(=O)n(CC(=O)Nc2cc(C)ccc2OC)c(=O)c2c1ncn2CCC(C)C. The number of anilines is 1. The Kier molecular flexibility index (Phi) is 7.73. The van der Waals surface area contributed by atoms with Crippen LogP contribution in [0.2, 0.25) is 0 Å². The maximum atomic E-state index is 13.4. The second-order valence-corrected chi connectivity index (χ2v) is 8.72. The Hall–Kier alpha value is -3.36. The summed E-state index contributed by atoms with van der Waals surface area (Å²) in [6.45, 7) is 8.80. The van der Waals surface area contributed by atoms with Crippen LogP contribution < -0.4 is 21.3 Å². The lowest BCUT2D eigenvalue weighted by Gasteiger charge is -2.14. The Morgan fingerprint density at radius 3 is 2.61 bits per heavy atom. The van der Waals surface area contributed by atoms with Crippen molar-refractivity contribution in [3.63, 3.8) is 0 Å². The Morgan fingerprint density at radius 2 is 1.94 bits per heavy atom. The van der Waals surface area contributed by atoms with Crippen LogP contribution in [0, 0.1) is 12.8 Å². The summed E-state index contributed by atoms with van der Waals surface area (Å²) < 4.78 is 9.61. The number of aromatic nitrogens is 4. The fourth-order valence-electron chi connectivity index (χ4n) is 3.72. The topological polar surface area (TPSA) is 100 Å². The maximum Gasteiger partial charge on any atom is 0.333 e. The summed E-state index contributed by atoms with van der Waals surface area (Å²) in [6, 6.07) is 5.41. The van der Waals surface area contributed by atoms with Gasteiger partial charge in [0.15, 0.2) is 11.2 Å². The van der Waals surface area contributed by atoms with Crippen LogP contribution in [0.25, 0.3) is 11.2 Å². The Bertz CT molecular complexity index is 1250. The molecule has 0 unspecified atom stereocenters. The summed E-state index contributed by atoms with van der Waals surface area (Å²) in [4.78, 5) is 43.8. The van der Waals surface area contributed by atoms with Crippen molar-refractivity contribution in [1.82, 2.24) is 18.7 Å². The molecule has 0 bridgehead atoms. The van der Waals surface area contributed by atoms with Crippen LogP contribution in [0.4, 0.5) is 5.69 Å². The van der Waals surface area contributed by atoms with Gasteiger partial charge in [-0.25, -0.2) is 14.3 Å². The van der Waals surface area contributed by atoms with Crippen molar-refractivity contribution in [2.45, 2.75) is 66.6 Å². The van der Waals surface area contributed by atoms with Gasteiger partial charge in [0.1, 0.15) is 12.3 Å². The number of rotatable bonds is 10. The van der Waals surface area contributed by atoms with E-state index < -0.39 is 23.7 Å². The van der Waals surface area contributed by atoms with Crippen molar-refractivity contribution in [3.8, 4) is 5.75 Å². The summed E-state index contributed by atoms with van der Waals surface area (Å²) in [7, 11) is 1.52. The van der Waals surface area contributed by atoms with E-state index >= 15 is 0 Å². The molecular formula is C24H33N5O4. The fraction of sp³-hybridized carbons (Fsp3) is 0.500. The molecule has 0 saturated heterocycles. The van der Waals surface area contributed by atoms with Crippen LogP contribution in [0.15, 0.2) is 34.1 Å². The third kappa shape index (κ3) is 5.35. The molecule has 9 heteroatoms. The van der Waals surface area contributed by atoms with E-state index in [1.807, 2.05) is 19.9 Å². The van der Waals surface area contributed by atoms with Gasteiger partial charge in [0.05, 0.1) is 19.1 Å². The van der Waals surface area contributed by atoms with Crippen molar-refractivity contribution in [2.24, 2.45) is 5.92 Å². The van der Waals surface area contributed by atoms with E-state index in [1.54, 1.807) is 23.0 Å². The van der Waals surface area contributed by atoms with Crippen molar-refractivity contribution in [1.29, 1.82) is 0 Å². The van der Waals surface area contributed by atoms with Gasteiger partial charge in [-0.1, -0.05) is 33.3 Å². The lowest BCUT2D eigenvalue weighted by atomic mass is 10.1. The van der Waals surface area contributed by atoms with Gasteiger partial charge in [-0.3, -0.25) is 14.2 Å². The van der Waals surface area contributed by atoms with E-state index in [2.05, 4.69) is 24.1 Å². The minimum Gasteiger partial charge on any atom is -0.495 e. The number of ether oxygens (including phenoxy) is 1. The third-order valence-electron chi connectivity index (χ3n) is 5.60. The van der Waals surface area contributed by atoms with Gasteiger partial charge in [0.2, 0.25) is 5.91 Å². The summed E-state index contributed by atoms with van der Waals surface area (Å²) >= 11 is 0. The fourth-order valence-corrected chi connectivity index (χ4v) is 3.72. The first-order valence-electron chi connectivity index (χ1n) is 11.4. The monoisotopic (exact) mass is 455 g/mol. The van der Waals surface area contributed by atoms with E-state index in [-0.39, 0.29) is 0 Å². The second-order valence-electron chi connectivity index (χ2n) is 8.72. The summed E-state index contributed by atoms with van der Waals surface area (Å²) in [5.74, 6) is 0.474. The number of amides is 1. The lowest BCUT2D eigenvalue weighted by Crippen LogP contribution is -2.43. The number of carbonyl (C=O) groups excluding carboxylic acids is 1. The molecule has 33 heavy (non-hydrogen) atoms. The van der Waals surface area contributed by atoms with E-state index in [0.29, 0.717) is 41.6 Å². The zero-order valence-corrected chi connectivity index (χ0v) is 20.1. The highest BCUT2D eigenvalue weighted by molar-refractivity contribution is 5.92. The molecule has 3 rings (SSSR count). The van der Waals surface area contributed by atoms with Crippen molar-refractivity contribution >= 4 is 22.8 Å². The zero-order valence-electron chi connectivity index (χ0n) is 20.1.